The Morgan fingerprint density at radius 3 is 2.33 bits per heavy atom. The molecule has 10 heteroatoms. The van der Waals surface area contributed by atoms with Crippen molar-refractivity contribution in [2.75, 3.05) is 12.0 Å². The molecule has 3 aromatic rings. The predicted molar refractivity (Wildman–Crippen MR) is 182 cm³/mol. The van der Waals surface area contributed by atoms with Crippen LogP contribution in [0.1, 0.15) is 58.4 Å². The van der Waals surface area contributed by atoms with Crippen LogP contribution in [0.4, 0.5) is 0 Å². The maximum atomic E-state index is 13.8. The van der Waals surface area contributed by atoms with Gasteiger partial charge in [0, 0.05) is 22.1 Å². The van der Waals surface area contributed by atoms with E-state index in [0.717, 1.165) is 53.2 Å². The summed E-state index contributed by atoms with van der Waals surface area (Å²) in [7, 11) is -3.72. The Labute approximate surface area is 272 Å². The van der Waals surface area contributed by atoms with E-state index in [-0.39, 0.29) is 29.0 Å². The highest BCUT2D eigenvalue weighted by atomic mass is 32.2. The van der Waals surface area contributed by atoms with E-state index in [1.165, 1.54) is 11.8 Å². The number of hydrogen-bond donors (Lipinski definition) is 4. The number of amides is 2. The number of benzene rings is 3. The second-order valence-electron chi connectivity index (χ2n) is 13.2. The van der Waals surface area contributed by atoms with Crippen molar-refractivity contribution in [3.05, 3.63) is 78.4 Å². The van der Waals surface area contributed by atoms with Gasteiger partial charge in [-0.2, -0.15) is 0 Å². The van der Waals surface area contributed by atoms with Crippen LogP contribution in [-0.4, -0.2) is 61.1 Å². The molecule has 0 radical (unpaired) electrons. The Morgan fingerprint density at radius 2 is 1.62 bits per heavy atom. The summed E-state index contributed by atoms with van der Waals surface area (Å²) in [6.07, 6.45) is 4.36. The van der Waals surface area contributed by atoms with E-state index in [1.54, 1.807) is 0 Å². The van der Waals surface area contributed by atoms with Gasteiger partial charge in [0.05, 0.1) is 18.4 Å². The van der Waals surface area contributed by atoms with E-state index >= 15 is 0 Å². The lowest BCUT2D eigenvalue weighted by molar-refractivity contribution is -0.130. The van der Waals surface area contributed by atoms with Gasteiger partial charge in [0.1, 0.15) is 6.04 Å². The zero-order valence-electron chi connectivity index (χ0n) is 26.7. The highest BCUT2D eigenvalue weighted by Gasteiger charge is 2.36. The Balaban J connectivity index is 1.53. The van der Waals surface area contributed by atoms with Gasteiger partial charge in [-0.3, -0.25) is 9.59 Å². The van der Waals surface area contributed by atoms with Crippen molar-refractivity contribution in [2.24, 2.45) is 11.8 Å². The summed E-state index contributed by atoms with van der Waals surface area (Å²) in [6, 6.07) is 21.7. The molecule has 0 spiro atoms. The van der Waals surface area contributed by atoms with E-state index in [2.05, 4.69) is 15.4 Å². The van der Waals surface area contributed by atoms with Gasteiger partial charge >= 0.3 is 0 Å². The molecule has 1 aliphatic rings. The first-order chi connectivity index (χ1) is 21.3. The van der Waals surface area contributed by atoms with Crippen molar-refractivity contribution in [1.82, 2.24) is 15.4 Å². The molecule has 0 bridgehead atoms. The van der Waals surface area contributed by atoms with E-state index in [9.17, 15) is 23.1 Å². The van der Waals surface area contributed by atoms with Crippen LogP contribution in [0.25, 0.3) is 10.8 Å². The summed E-state index contributed by atoms with van der Waals surface area (Å²) >= 11 is 1.41. The van der Waals surface area contributed by atoms with Gasteiger partial charge in [-0.05, 0) is 74.8 Å². The lowest BCUT2D eigenvalue weighted by atomic mass is 9.74. The standard InChI is InChI=1S/C35H47N3O5S2/c1-35(2,3)37-33(40)28-19-11-9-16-26(28)22-31(39)29(21-24-13-6-5-7-14-24)36-34(41)30(38-45(4,42)43)23-44-32-20-12-17-25-15-8-10-18-27(25)32/h5-8,10,12-15,17-18,20,26,28-31,38-39H,9,11,16,19,21-23H2,1-4H3,(H,36,41)(H,37,40). The number of fused-ring (bicyclic) bond motifs is 1. The minimum atomic E-state index is -3.72. The molecular weight excluding hydrogens is 607 g/mol. The highest BCUT2D eigenvalue weighted by Crippen LogP contribution is 2.35. The van der Waals surface area contributed by atoms with Crippen LogP contribution in [0.2, 0.25) is 0 Å². The lowest BCUT2D eigenvalue weighted by Crippen LogP contribution is -2.54. The van der Waals surface area contributed by atoms with Crippen LogP contribution in [0.3, 0.4) is 0 Å². The summed E-state index contributed by atoms with van der Waals surface area (Å²) < 4.78 is 27.2. The van der Waals surface area contributed by atoms with Crippen molar-refractivity contribution in [3.63, 3.8) is 0 Å². The first-order valence-corrected chi connectivity index (χ1v) is 18.6. The van der Waals surface area contributed by atoms with Crippen LogP contribution in [-0.2, 0) is 26.0 Å². The molecule has 0 aliphatic heterocycles. The number of rotatable bonds is 13. The minimum Gasteiger partial charge on any atom is -0.391 e. The second kappa shape index (κ2) is 15.6. The summed E-state index contributed by atoms with van der Waals surface area (Å²) in [5.41, 5.74) is 0.581. The number of nitrogens with one attached hydrogen (secondary N) is 3. The topological polar surface area (TPSA) is 125 Å². The van der Waals surface area contributed by atoms with Gasteiger partial charge in [0.15, 0.2) is 0 Å². The number of aliphatic hydroxyl groups is 1. The third-order valence-electron chi connectivity index (χ3n) is 8.21. The second-order valence-corrected chi connectivity index (χ2v) is 16.1. The largest absolute Gasteiger partial charge is 0.391 e. The molecule has 0 aromatic heterocycles. The zero-order chi connectivity index (χ0) is 32.6. The number of thioether (sulfide) groups is 1. The molecule has 244 valence electrons. The molecule has 0 saturated heterocycles. The van der Waals surface area contributed by atoms with Crippen molar-refractivity contribution >= 4 is 44.4 Å². The van der Waals surface area contributed by atoms with E-state index in [0.29, 0.717) is 12.8 Å². The van der Waals surface area contributed by atoms with Gasteiger partial charge in [0.2, 0.25) is 21.8 Å². The molecule has 45 heavy (non-hydrogen) atoms. The first kappa shape index (κ1) is 34.9. The van der Waals surface area contributed by atoms with Gasteiger partial charge in [0.25, 0.3) is 0 Å². The molecular formula is C35H47N3O5S2. The molecule has 5 unspecified atom stereocenters. The number of carbonyl (C=O) groups excluding carboxylic acids is 2. The van der Waals surface area contributed by atoms with Crippen LogP contribution in [0, 0.1) is 11.8 Å². The highest BCUT2D eigenvalue weighted by molar-refractivity contribution is 7.99. The zero-order valence-corrected chi connectivity index (χ0v) is 28.3. The fourth-order valence-corrected chi connectivity index (χ4v) is 8.03. The molecule has 1 aliphatic carbocycles. The maximum Gasteiger partial charge on any atom is 0.239 e. The molecule has 0 heterocycles. The first-order valence-electron chi connectivity index (χ1n) is 15.7. The molecule has 3 aromatic carbocycles. The van der Waals surface area contributed by atoms with Gasteiger partial charge in [-0.25, -0.2) is 13.1 Å². The van der Waals surface area contributed by atoms with E-state index < -0.39 is 34.1 Å². The number of carbonyl (C=O) groups is 2. The molecule has 4 N–H and O–H groups in total. The molecule has 4 rings (SSSR count). The Kier molecular flexibility index (Phi) is 12.1. The van der Waals surface area contributed by atoms with Gasteiger partial charge < -0.3 is 15.7 Å². The fourth-order valence-electron chi connectivity index (χ4n) is 6.12. The molecule has 5 atom stereocenters. The Hall–Kier alpha value is -2.92. The smallest absolute Gasteiger partial charge is 0.239 e. The van der Waals surface area contributed by atoms with Crippen molar-refractivity contribution in [2.45, 2.75) is 87.9 Å². The summed E-state index contributed by atoms with van der Waals surface area (Å²) in [6.45, 7) is 5.88. The van der Waals surface area contributed by atoms with Crippen LogP contribution in [0.5, 0.6) is 0 Å². The third kappa shape index (κ3) is 10.8. The third-order valence-corrected chi connectivity index (χ3v) is 10.1. The molecule has 8 nitrogen and oxygen atoms in total. The lowest BCUT2D eigenvalue weighted by Gasteiger charge is -2.36. The SMILES string of the molecule is CC(C)(C)NC(=O)C1CCCCC1CC(O)C(Cc1ccccc1)NC(=O)C(CSc1cccc2ccccc12)NS(C)(=O)=O. The Bertz CT molecular complexity index is 1540. The van der Waals surface area contributed by atoms with Crippen molar-refractivity contribution in [1.29, 1.82) is 0 Å². The van der Waals surface area contributed by atoms with Crippen molar-refractivity contribution < 1.29 is 23.1 Å². The van der Waals surface area contributed by atoms with Crippen LogP contribution < -0.4 is 15.4 Å². The quantitative estimate of drug-likeness (QED) is 0.192. The van der Waals surface area contributed by atoms with Gasteiger partial charge in [-0.15, -0.1) is 11.8 Å². The fraction of sp³-hybridized carbons (Fsp3) is 0.486. The molecule has 1 fully saturated rings. The average molecular weight is 654 g/mol. The molecule has 2 amide bonds. The minimum absolute atomic E-state index is 0.00548. The molecule has 1 saturated carbocycles. The van der Waals surface area contributed by atoms with E-state index in [1.807, 2.05) is 93.6 Å². The number of sulfonamides is 1. The van der Waals surface area contributed by atoms with E-state index in [4.69, 9.17) is 0 Å². The average Bonchev–Trinajstić information content (AvgIpc) is 2.98. The van der Waals surface area contributed by atoms with Crippen molar-refractivity contribution in [3.8, 4) is 0 Å². The summed E-state index contributed by atoms with van der Waals surface area (Å²) in [5, 5.41) is 19.9. The predicted octanol–water partition coefficient (Wildman–Crippen LogP) is 5.05. The summed E-state index contributed by atoms with van der Waals surface area (Å²) in [4.78, 5) is 28.0. The van der Waals surface area contributed by atoms with Gasteiger partial charge in [-0.1, -0.05) is 79.6 Å². The Morgan fingerprint density at radius 1 is 0.956 bits per heavy atom. The van der Waals surface area contributed by atoms with Crippen LogP contribution >= 0.6 is 11.8 Å². The normalized spacial score (nSPS) is 19.4. The maximum absolute atomic E-state index is 13.8. The van der Waals surface area contributed by atoms with Crippen LogP contribution in [0.15, 0.2) is 77.7 Å². The number of aliphatic hydroxyl groups excluding tert-OH is 1. The number of hydrogen-bond acceptors (Lipinski definition) is 6. The summed E-state index contributed by atoms with van der Waals surface area (Å²) in [5.74, 6) is -0.570. The monoisotopic (exact) mass is 653 g/mol.